The second-order valence-electron chi connectivity index (χ2n) is 4.81. The average Bonchev–Trinajstić information content (AvgIpc) is 2.99. The largest absolute Gasteiger partial charge is 0.288 e. The van der Waals surface area contributed by atoms with Crippen molar-refractivity contribution < 1.29 is 4.79 Å². The van der Waals surface area contributed by atoms with Crippen LogP contribution in [0.5, 0.6) is 0 Å². The van der Waals surface area contributed by atoms with E-state index < -0.39 is 5.91 Å². The van der Waals surface area contributed by atoms with E-state index in [0.29, 0.717) is 6.54 Å². The first-order valence-electron chi connectivity index (χ1n) is 6.78. The van der Waals surface area contributed by atoms with Crippen LogP contribution in [0, 0.1) is 0 Å². The smallest absolute Gasteiger partial charge is 0.278 e. The summed E-state index contributed by atoms with van der Waals surface area (Å²) in [5, 5.41) is 7.13. The molecule has 1 amide bonds. The van der Waals surface area contributed by atoms with Crippen LogP contribution in [0.25, 0.3) is 0 Å². The fourth-order valence-corrected chi connectivity index (χ4v) is 2.55. The third-order valence-electron chi connectivity index (χ3n) is 3.05. The van der Waals surface area contributed by atoms with Gasteiger partial charge in [-0.15, -0.1) is 5.10 Å². The zero-order valence-corrected chi connectivity index (χ0v) is 15.2. The van der Waals surface area contributed by atoms with Crippen LogP contribution in [0.15, 0.2) is 47.2 Å². The second kappa shape index (κ2) is 7.29. The lowest BCUT2D eigenvalue weighted by Crippen LogP contribution is -2.15. The molecular formula is C15H10BrCl2N5O. The molecule has 24 heavy (non-hydrogen) atoms. The Morgan fingerprint density at radius 2 is 1.92 bits per heavy atom. The van der Waals surface area contributed by atoms with Gasteiger partial charge in [0.05, 0.1) is 11.6 Å². The Bertz CT molecular complexity index is 882. The molecule has 6 nitrogen and oxygen atoms in total. The van der Waals surface area contributed by atoms with Gasteiger partial charge in [0.2, 0.25) is 5.95 Å². The molecule has 3 rings (SSSR count). The highest BCUT2D eigenvalue weighted by Gasteiger charge is 2.15. The first-order chi connectivity index (χ1) is 11.5. The van der Waals surface area contributed by atoms with Gasteiger partial charge in [-0.1, -0.05) is 51.3 Å². The topological polar surface area (TPSA) is 72.7 Å². The molecule has 0 saturated carbocycles. The van der Waals surface area contributed by atoms with Crippen LogP contribution in [0.4, 0.5) is 5.95 Å². The van der Waals surface area contributed by atoms with Gasteiger partial charge in [0.25, 0.3) is 5.91 Å². The minimum absolute atomic E-state index is 0.0217. The molecule has 0 aliphatic heterocycles. The first kappa shape index (κ1) is 16.9. The van der Waals surface area contributed by atoms with Crippen molar-refractivity contribution in [2.45, 2.75) is 6.54 Å². The van der Waals surface area contributed by atoms with Gasteiger partial charge in [0, 0.05) is 4.47 Å². The van der Waals surface area contributed by atoms with Gasteiger partial charge in [-0.2, -0.15) is 0 Å². The zero-order valence-electron chi connectivity index (χ0n) is 12.1. The Morgan fingerprint density at radius 1 is 1.17 bits per heavy atom. The minimum Gasteiger partial charge on any atom is -0.288 e. The maximum Gasteiger partial charge on any atom is 0.278 e. The van der Waals surface area contributed by atoms with Crippen molar-refractivity contribution in [2.24, 2.45) is 0 Å². The maximum atomic E-state index is 12.2. The van der Waals surface area contributed by atoms with E-state index in [4.69, 9.17) is 23.2 Å². The van der Waals surface area contributed by atoms with Gasteiger partial charge in [-0.3, -0.25) is 10.1 Å². The Balaban J connectivity index is 1.70. The summed E-state index contributed by atoms with van der Waals surface area (Å²) < 4.78 is 2.62. The van der Waals surface area contributed by atoms with Crippen LogP contribution in [0.1, 0.15) is 16.1 Å². The van der Waals surface area contributed by atoms with E-state index in [-0.39, 0.29) is 21.8 Å². The molecule has 0 aliphatic rings. The van der Waals surface area contributed by atoms with E-state index >= 15 is 0 Å². The summed E-state index contributed by atoms with van der Waals surface area (Å²) in [4.78, 5) is 20.1. The number of carbonyl (C=O) groups excluding carboxylic acids is 1. The quantitative estimate of drug-likeness (QED) is 0.639. The normalized spacial score (nSPS) is 10.6. The molecular weight excluding hydrogens is 417 g/mol. The van der Waals surface area contributed by atoms with Crippen molar-refractivity contribution in [3.63, 3.8) is 0 Å². The van der Waals surface area contributed by atoms with Crippen molar-refractivity contribution in [3.8, 4) is 0 Å². The fourth-order valence-electron chi connectivity index (χ4n) is 1.94. The van der Waals surface area contributed by atoms with E-state index in [9.17, 15) is 4.79 Å². The zero-order chi connectivity index (χ0) is 17.1. The van der Waals surface area contributed by atoms with Gasteiger partial charge in [0.15, 0.2) is 0 Å². The van der Waals surface area contributed by atoms with E-state index in [1.165, 1.54) is 18.5 Å². The number of benzene rings is 1. The lowest BCUT2D eigenvalue weighted by Gasteiger charge is -2.03. The Kier molecular flexibility index (Phi) is 5.13. The first-order valence-corrected chi connectivity index (χ1v) is 8.33. The number of rotatable bonds is 4. The molecule has 0 aliphatic carbocycles. The van der Waals surface area contributed by atoms with Crippen LogP contribution >= 0.6 is 39.1 Å². The Labute approximate surface area is 156 Å². The van der Waals surface area contributed by atoms with Crippen molar-refractivity contribution >= 4 is 51.0 Å². The number of hydrogen-bond donors (Lipinski definition) is 1. The summed E-state index contributed by atoms with van der Waals surface area (Å²) >= 11 is 15.1. The molecule has 0 atom stereocenters. The monoisotopic (exact) mass is 425 g/mol. The maximum absolute atomic E-state index is 12.2. The lowest BCUT2D eigenvalue weighted by atomic mass is 10.2. The third kappa shape index (κ3) is 4.11. The van der Waals surface area contributed by atoms with Gasteiger partial charge in [-0.25, -0.2) is 14.6 Å². The van der Waals surface area contributed by atoms with E-state index in [0.717, 1.165) is 10.0 Å². The number of nitrogens with one attached hydrogen (secondary N) is 1. The average molecular weight is 427 g/mol. The molecule has 2 heterocycles. The molecule has 0 spiro atoms. The lowest BCUT2D eigenvalue weighted by molar-refractivity contribution is 0.102. The summed E-state index contributed by atoms with van der Waals surface area (Å²) in [6, 6.07) is 10.8. The van der Waals surface area contributed by atoms with Gasteiger partial charge in [0.1, 0.15) is 17.2 Å². The highest BCUT2D eigenvalue weighted by Crippen LogP contribution is 2.18. The number of pyridine rings is 1. The number of amides is 1. The number of anilines is 1. The van der Waals surface area contributed by atoms with Crippen LogP contribution < -0.4 is 5.32 Å². The highest BCUT2D eigenvalue weighted by molar-refractivity contribution is 9.10. The molecule has 122 valence electrons. The number of hydrogen-bond acceptors (Lipinski definition) is 4. The van der Waals surface area contributed by atoms with E-state index in [2.05, 4.69) is 36.3 Å². The second-order valence-corrected chi connectivity index (χ2v) is 6.52. The summed E-state index contributed by atoms with van der Waals surface area (Å²) in [5.41, 5.74) is 1.08. The molecule has 2 aromatic heterocycles. The van der Waals surface area contributed by atoms with Crippen molar-refractivity contribution in [1.82, 2.24) is 19.7 Å². The van der Waals surface area contributed by atoms with Crippen molar-refractivity contribution in [1.29, 1.82) is 0 Å². The predicted molar refractivity (Wildman–Crippen MR) is 95.5 cm³/mol. The summed E-state index contributed by atoms with van der Waals surface area (Å²) in [5.74, 6) is -0.362. The van der Waals surface area contributed by atoms with Crippen molar-refractivity contribution in [3.05, 3.63) is 68.6 Å². The standard InChI is InChI=1S/C15H10BrCl2N5O/c16-10-3-1-9(2-4-10)7-23-8-19-15(22-23)21-14(24)13-11(17)5-6-12(18)20-13/h1-6,8H,7H2,(H,21,22,24). The molecule has 0 bridgehead atoms. The number of carbonyl (C=O) groups is 1. The fraction of sp³-hybridized carbons (Fsp3) is 0.0667. The summed E-state index contributed by atoms with van der Waals surface area (Å²) in [6.07, 6.45) is 1.53. The Hall–Kier alpha value is -1.96. The predicted octanol–water partition coefficient (Wildman–Crippen LogP) is 4.04. The SMILES string of the molecule is O=C(Nc1ncn(Cc2ccc(Br)cc2)n1)c1nc(Cl)ccc1Cl. The minimum atomic E-state index is -0.524. The van der Waals surface area contributed by atoms with Gasteiger partial charge < -0.3 is 0 Å². The molecule has 0 radical (unpaired) electrons. The number of aromatic nitrogens is 4. The van der Waals surface area contributed by atoms with Crippen LogP contribution in [0.2, 0.25) is 10.2 Å². The molecule has 1 aromatic carbocycles. The third-order valence-corrected chi connectivity index (χ3v) is 4.09. The van der Waals surface area contributed by atoms with Crippen LogP contribution in [0.3, 0.4) is 0 Å². The van der Waals surface area contributed by atoms with E-state index in [1.807, 2.05) is 24.3 Å². The molecule has 3 aromatic rings. The Morgan fingerprint density at radius 3 is 2.67 bits per heavy atom. The summed E-state index contributed by atoms with van der Waals surface area (Å²) in [7, 11) is 0. The number of nitrogens with zero attached hydrogens (tertiary/aromatic N) is 4. The molecule has 0 unspecified atom stereocenters. The van der Waals surface area contributed by atoms with Gasteiger partial charge in [-0.05, 0) is 29.8 Å². The van der Waals surface area contributed by atoms with Crippen molar-refractivity contribution in [2.75, 3.05) is 5.32 Å². The van der Waals surface area contributed by atoms with Gasteiger partial charge >= 0.3 is 0 Å². The molecule has 9 heteroatoms. The molecule has 1 N–H and O–H groups in total. The summed E-state index contributed by atoms with van der Waals surface area (Å²) in [6.45, 7) is 0.534. The van der Waals surface area contributed by atoms with Crippen LogP contribution in [-0.2, 0) is 6.54 Å². The molecule has 0 saturated heterocycles. The van der Waals surface area contributed by atoms with E-state index in [1.54, 1.807) is 4.68 Å². The van der Waals surface area contributed by atoms with Crippen LogP contribution in [-0.4, -0.2) is 25.7 Å². The highest BCUT2D eigenvalue weighted by atomic mass is 79.9. The molecule has 0 fully saturated rings. The number of halogens is 3.